The first-order valence-corrected chi connectivity index (χ1v) is 10.0. The van der Waals surface area contributed by atoms with Crippen LogP contribution >= 0.6 is 0 Å². The van der Waals surface area contributed by atoms with Gasteiger partial charge < -0.3 is 14.8 Å². The zero-order valence-electron chi connectivity index (χ0n) is 15.6. The number of carbonyl (C=O) groups is 1. The summed E-state index contributed by atoms with van der Waals surface area (Å²) in [6.45, 7) is 6.10. The number of esters is 1. The van der Waals surface area contributed by atoms with E-state index in [1.165, 1.54) is 24.8 Å². The maximum absolute atomic E-state index is 12.6. The van der Waals surface area contributed by atoms with E-state index in [0.717, 1.165) is 13.0 Å². The Balaban J connectivity index is 1.32. The summed E-state index contributed by atoms with van der Waals surface area (Å²) in [4.78, 5) is 16.7. The minimum atomic E-state index is -0.0927. The Bertz CT molecular complexity index is 710. The Hall–Kier alpha value is -1.46. The average molecular weight is 356 g/mol. The lowest BCUT2D eigenvalue weighted by Crippen LogP contribution is -2.54. The number of aromatic nitrogens is 1. The van der Waals surface area contributed by atoms with E-state index in [9.17, 15) is 4.79 Å². The lowest BCUT2D eigenvalue weighted by atomic mass is 9.53. The van der Waals surface area contributed by atoms with Crippen LogP contribution in [0, 0.1) is 23.2 Å². The Labute approximate surface area is 154 Å². The summed E-state index contributed by atoms with van der Waals surface area (Å²) >= 11 is 0. The molecule has 1 aromatic rings. The van der Waals surface area contributed by atoms with Crippen molar-refractivity contribution in [3.8, 4) is 0 Å². The van der Waals surface area contributed by atoms with Crippen LogP contribution in [0.2, 0.25) is 0 Å². The highest BCUT2D eigenvalue weighted by molar-refractivity contribution is 5.76. The zero-order valence-corrected chi connectivity index (χ0v) is 15.6. The van der Waals surface area contributed by atoms with Crippen molar-refractivity contribution in [2.45, 2.75) is 63.9 Å². The molecular weight excluding hydrogens is 328 g/mol. The van der Waals surface area contributed by atoms with Gasteiger partial charge in [0.1, 0.15) is 11.7 Å². The SMILES string of the molecule is C[C@H]1CCC[C@]2(C)C[C@H]3OC(=O)[C@@H](CNCc4ccncc4)[C@H]3[C@@H]3O[C@@]132. The molecule has 1 N–H and O–H groups in total. The molecule has 2 aliphatic heterocycles. The molecule has 1 aromatic heterocycles. The van der Waals surface area contributed by atoms with Gasteiger partial charge in [0.05, 0.1) is 12.0 Å². The van der Waals surface area contributed by atoms with Crippen molar-refractivity contribution in [1.82, 2.24) is 10.3 Å². The molecule has 3 heterocycles. The molecule has 1 spiro atoms. The number of fused-ring (bicyclic) bond motifs is 2. The lowest BCUT2D eigenvalue weighted by Gasteiger charge is -2.48. The van der Waals surface area contributed by atoms with Crippen LogP contribution in [0.25, 0.3) is 0 Å². The van der Waals surface area contributed by atoms with Crippen molar-refractivity contribution in [3.05, 3.63) is 30.1 Å². The number of carbonyl (C=O) groups excluding carboxylic acids is 1. The van der Waals surface area contributed by atoms with Crippen LogP contribution in [-0.4, -0.2) is 35.3 Å². The average Bonchev–Trinajstić information content (AvgIpc) is 3.30. The van der Waals surface area contributed by atoms with Gasteiger partial charge in [-0.2, -0.15) is 0 Å². The summed E-state index contributed by atoms with van der Waals surface area (Å²) in [5.74, 6) is 0.655. The van der Waals surface area contributed by atoms with E-state index in [-0.39, 0.29) is 41.0 Å². The molecule has 4 fully saturated rings. The maximum Gasteiger partial charge on any atom is 0.311 e. The number of hydrogen-bond donors (Lipinski definition) is 1. The van der Waals surface area contributed by atoms with Gasteiger partial charge in [-0.3, -0.25) is 9.78 Å². The third-order valence-corrected chi connectivity index (χ3v) is 7.64. The number of epoxide rings is 1. The van der Waals surface area contributed by atoms with Crippen LogP contribution in [-0.2, 0) is 20.8 Å². The Kier molecular flexibility index (Phi) is 3.70. The topological polar surface area (TPSA) is 63.8 Å². The minimum absolute atomic E-state index is 0.0102. The predicted octanol–water partition coefficient (Wildman–Crippen LogP) is 2.70. The molecule has 0 amide bonds. The Morgan fingerprint density at radius 3 is 2.96 bits per heavy atom. The van der Waals surface area contributed by atoms with E-state index < -0.39 is 0 Å². The van der Waals surface area contributed by atoms with Gasteiger partial charge in [-0.15, -0.1) is 0 Å². The lowest BCUT2D eigenvalue weighted by molar-refractivity contribution is -0.146. The standard InChI is InChI=1S/C21H28N2O3/c1-13-4-3-7-20(2)10-16-17(18-21(13,20)26-18)15(19(24)25-16)12-23-11-14-5-8-22-9-6-14/h5-6,8-9,13,15-18,23H,3-4,7,10-12H2,1-2H3/t13-,15-,16+,17+,18-,20+,21-/m0/s1. The highest BCUT2D eigenvalue weighted by Gasteiger charge is 2.78. The number of rotatable bonds is 4. The van der Waals surface area contributed by atoms with Gasteiger partial charge in [0.15, 0.2) is 0 Å². The van der Waals surface area contributed by atoms with E-state index in [1.54, 1.807) is 12.4 Å². The number of hydrogen-bond acceptors (Lipinski definition) is 5. The number of pyridine rings is 1. The summed E-state index contributed by atoms with van der Waals surface area (Å²) in [6, 6.07) is 4.00. The molecule has 140 valence electrons. The quantitative estimate of drug-likeness (QED) is 0.664. The van der Waals surface area contributed by atoms with E-state index in [1.807, 2.05) is 12.1 Å². The van der Waals surface area contributed by atoms with E-state index in [2.05, 4.69) is 24.1 Å². The number of nitrogens with one attached hydrogen (secondary N) is 1. The van der Waals surface area contributed by atoms with Crippen LogP contribution < -0.4 is 5.32 Å². The van der Waals surface area contributed by atoms with Gasteiger partial charge in [-0.05, 0) is 42.9 Å². The van der Waals surface area contributed by atoms with Crippen molar-refractivity contribution >= 4 is 5.97 Å². The maximum atomic E-state index is 12.6. The largest absolute Gasteiger partial charge is 0.462 e. The first kappa shape index (κ1) is 16.7. The molecule has 2 saturated carbocycles. The molecule has 4 aliphatic rings. The molecule has 5 rings (SSSR count). The molecule has 26 heavy (non-hydrogen) atoms. The second kappa shape index (κ2) is 5.77. The van der Waals surface area contributed by atoms with Crippen LogP contribution in [0.1, 0.15) is 45.1 Å². The van der Waals surface area contributed by atoms with Gasteiger partial charge in [0, 0.05) is 36.8 Å². The van der Waals surface area contributed by atoms with Crippen molar-refractivity contribution in [1.29, 1.82) is 0 Å². The van der Waals surface area contributed by atoms with Crippen LogP contribution in [0.5, 0.6) is 0 Å². The molecule has 7 atom stereocenters. The Morgan fingerprint density at radius 1 is 1.35 bits per heavy atom. The second-order valence-corrected chi connectivity index (χ2v) is 9.04. The van der Waals surface area contributed by atoms with E-state index in [4.69, 9.17) is 9.47 Å². The summed E-state index contributed by atoms with van der Waals surface area (Å²) in [5, 5.41) is 3.45. The molecule has 2 saturated heterocycles. The zero-order chi connectivity index (χ0) is 17.9. The highest BCUT2D eigenvalue weighted by atomic mass is 16.6. The van der Waals surface area contributed by atoms with Gasteiger partial charge in [0.25, 0.3) is 0 Å². The molecule has 0 radical (unpaired) electrons. The molecule has 0 bridgehead atoms. The van der Waals surface area contributed by atoms with Gasteiger partial charge in [0.2, 0.25) is 0 Å². The molecule has 2 aliphatic carbocycles. The van der Waals surface area contributed by atoms with E-state index in [0.29, 0.717) is 12.5 Å². The number of ether oxygens (including phenoxy) is 2. The van der Waals surface area contributed by atoms with Crippen molar-refractivity contribution in [3.63, 3.8) is 0 Å². The third-order valence-electron chi connectivity index (χ3n) is 7.64. The minimum Gasteiger partial charge on any atom is -0.462 e. The monoisotopic (exact) mass is 356 g/mol. The molecule has 5 heteroatoms. The third kappa shape index (κ3) is 2.23. The summed E-state index contributed by atoms with van der Waals surface area (Å²) in [6.07, 6.45) is 8.48. The van der Waals surface area contributed by atoms with E-state index >= 15 is 0 Å². The first-order valence-electron chi connectivity index (χ1n) is 10.0. The number of nitrogens with zero attached hydrogens (tertiary/aromatic N) is 1. The van der Waals surface area contributed by atoms with Crippen molar-refractivity contribution < 1.29 is 14.3 Å². The molecule has 0 aromatic carbocycles. The summed E-state index contributed by atoms with van der Waals surface area (Å²) in [5.41, 5.74) is 1.33. The van der Waals surface area contributed by atoms with Gasteiger partial charge in [-0.1, -0.05) is 20.3 Å². The predicted molar refractivity (Wildman–Crippen MR) is 96.1 cm³/mol. The van der Waals surface area contributed by atoms with Gasteiger partial charge in [-0.25, -0.2) is 0 Å². The fraction of sp³-hybridized carbons (Fsp3) is 0.714. The molecule has 5 nitrogen and oxygen atoms in total. The second-order valence-electron chi connectivity index (χ2n) is 9.04. The van der Waals surface area contributed by atoms with Gasteiger partial charge >= 0.3 is 5.97 Å². The summed E-state index contributed by atoms with van der Waals surface area (Å²) < 4.78 is 12.3. The smallest absolute Gasteiger partial charge is 0.311 e. The molecular formula is C21H28N2O3. The normalized spacial score (nSPS) is 46.1. The fourth-order valence-corrected chi connectivity index (χ4v) is 6.34. The van der Waals surface area contributed by atoms with Crippen LogP contribution in [0.4, 0.5) is 0 Å². The molecule has 0 unspecified atom stereocenters. The van der Waals surface area contributed by atoms with Crippen LogP contribution in [0.3, 0.4) is 0 Å². The fourth-order valence-electron chi connectivity index (χ4n) is 6.34. The highest BCUT2D eigenvalue weighted by Crippen LogP contribution is 2.70. The summed E-state index contributed by atoms with van der Waals surface area (Å²) in [7, 11) is 0. The van der Waals surface area contributed by atoms with Crippen LogP contribution in [0.15, 0.2) is 24.5 Å². The van der Waals surface area contributed by atoms with Crippen molar-refractivity contribution in [2.75, 3.05) is 6.54 Å². The Morgan fingerprint density at radius 2 is 2.15 bits per heavy atom. The first-order chi connectivity index (χ1) is 12.6. The van der Waals surface area contributed by atoms with Crippen molar-refractivity contribution in [2.24, 2.45) is 23.2 Å².